The molecule has 1 nitrogen and oxygen atoms in total. The van der Waals surface area contributed by atoms with Gasteiger partial charge in [-0.15, -0.1) is 6.42 Å². The van der Waals surface area contributed by atoms with Gasteiger partial charge in [-0.1, -0.05) is 5.92 Å². The number of pyridine rings is 1. The minimum absolute atomic E-state index is 0.0486. The van der Waals surface area contributed by atoms with E-state index in [1.54, 1.807) is 6.20 Å². The molecule has 1 rings (SSSR count). The molecule has 1 heterocycles. The van der Waals surface area contributed by atoms with Crippen molar-refractivity contribution < 1.29 is 0 Å². The predicted octanol–water partition coefficient (Wildman–Crippen LogP) is 3.34. The van der Waals surface area contributed by atoms with Crippen LogP contribution in [-0.4, -0.2) is 4.98 Å². The van der Waals surface area contributed by atoms with Crippen molar-refractivity contribution in [3.63, 3.8) is 0 Å². The van der Waals surface area contributed by atoms with E-state index in [9.17, 15) is 0 Å². The van der Waals surface area contributed by atoms with E-state index in [4.69, 9.17) is 6.42 Å². The average Bonchev–Trinajstić information content (AvgIpc) is 2.03. The Kier molecular flexibility index (Phi) is 3.30. The van der Waals surface area contributed by atoms with Gasteiger partial charge in [0.1, 0.15) is 0 Å². The monoisotopic (exact) mass is 287 g/mol. The average molecular weight is 289 g/mol. The fourth-order valence-corrected chi connectivity index (χ4v) is 2.15. The molecular formula is C9H7Br2N. The lowest BCUT2D eigenvalue weighted by atomic mass is 10.1. The highest BCUT2D eigenvalue weighted by Crippen LogP contribution is 2.24. The van der Waals surface area contributed by atoms with Gasteiger partial charge in [-0.05, 0) is 44.8 Å². The van der Waals surface area contributed by atoms with Gasteiger partial charge in [0.25, 0.3) is 0 Å². The molecule has 0 bridgehead atoms. The second kappa shape index (κ2) is 4.06. The first kappa shape index (κ1) is 9.76. The first-order valence-corrected chi connectivity index (χ1v) is 5.01. The number of hydrogen-bond donors (Lipinski definition) is 0. The molecule has 0 spiro atoms. The summed E-state index contributed by atoms with van der Waals surface area (Å²) in [5.41, 5.74) is 0.903. The third-order valence-electron chi connectivity index (χ3n) is 1.50. The third-order valence-corrected chi connectivity index (χ3v) is 2.57. The molecule has 1 aromatic rings. The van der Waals surface area contributed by atoms with Crippen LogP contribution < -0.4 is 0 Å². The molecular weight excluding hydrogens is 282 g/mol. The summed E-state index contributed by atoms with van der Waals surface area (Å²) in [6.07, 6.45) is 7.03. The third kappa shape index (κ3) is 2.09. The minimum Gasteiger partial charge on any atom is -0.258 e. The van der Waals surface area contributed by atoms with Crippen LogP contribution in [0.1, 0.15) is 18.5 Å². The Hall–Kier alpha value is -0.330. The SMILES string of the molecule is C#CC(C)c1ncc(Br)cc1Br. The number of rotatable bonds is 1. The highest BCUT2D eigenvalue weighted by atomic mass is 79.9. The first-order valence-electron chi connectivity index (χ1n) is 3.42. The van der Waals surface area contributed by atoms with Crippen LogP contribution in [0.2, 0.25) is 0 Å². The molecule has 1 aromatic heterocycles. The zero-order valence-corrected chi connectivity index (χ0v) is 9.68. The zero-order chi connectivity index (χ0) is 9.14. The number of aromatic nitrogens is 1. The zero-order valence-electron chi connectivity index (χ0n) is 6.51. The van der Waals surface area contributed by atoms with Crippen molar-refractivity contribution in [1.82, 2.24) is 4.98 Å². The standard InChI is InChI=1S/C9H7Br2N/c1-3-6(2)9-8(11)4-7(10)5-12-9/h1,4-6H,2H3. The van der Waals surface area contributed by atoms with E-state index in [1.807, 2.05) is 13.0 Å². The second-order valence-corrected chi connectivity index (χ2v) is 4.18. The van der Waals surface area contributed by atoms with Crippen LogP contribution in [0.15, 0.2) is 21.2 Å². The molecule has 0 saturated carbocycles. The smallest absolute Gasteiger partial charge is 0.0693 e. The summed E-state index contributed by atoms with van der Waals surface area (Å²) in [4.78, 5) is 4.21. The highest BCUT2D eigenvalue weighted by Gasteiger charge is 2.07. The Morgan fingerprint density at radius 3 is 2.75 bits per heavy atom. The molecule has 12 heavy (non-hydrogen) atoms. The topological polar surface area (TPSA) is 12.9 Å². The quantitative estimate of drug-likeness (QED) is 0.722. The minimum atomic E-state index is 0.0486. The predicted molar refractivity (Wildman–Crippen MR) is 56.9 cm³/mol. The van der Waals surface area contributed by atoms with E-state index in [-0.39, 0.29) is 5.92 Å². The summed E-state index contributed by atoms with van der Waals surface area (Å²) in [5, 5.41) is 0. The van der Waals surface area contributed by atoms with Crippen LogP contribution in [0.25, 0.3) is 0 Å². The first-order chi connectivity index (χ1) is 5.65. The Morgan fingerprint density at radius 1 is 1.58 bits per heavy atom. The normalized spacial score (nSPS) is 12.2. The van der Waals surface area contributed by atoms with Gasteiger partial charge >= 0.3 is 0 Å². The summed E-state index contributed by atoms with van der Waals surface area (Å²) in [5.74, 6) is 2.68. The molecule has 0 amide bonds. The Balaban J connectivity index is 3.11. The van der Waals surface area contributed by atoms with E-state index < -0.39 is 0 Å². The largest absolute Gasteiger partial charge is 0.258 e. The van der Waals surface area contributed by atoms with Crippen LogP contribution in [0.5, 0.6) is 0 Å². The van der Waals surface area contributed by atoms with E-state index >= 15 is 0 Å². The summed E-state index contributed by atoms with van der Waals surface area (Å²) < 4.78 is 1.89. The lowest BCUT2D eigenvalue weighted by Gasteiger charge is -2.05. The van der Waals surface area contributed by atoms with Crippen molar-refractivity contribution in [1.29, 1.82) is 0 Å². The maximum Gasteiger partial charge on any atom is 0.0693 e. The van der Waals surface area contributed by atoms with Crippen molar-refractivity contribution in [3.8, 4) is 12.3 Å². The second-order valence-electron chi connectivity index (χ2n) is 2.41. The van der Waals surface area contributed by atoms with Crippen LogP contribution in [0.3, 0.4) is 0 Å². The van der Waals surface area contributed by atoms with Gasteiger partial charge < -0.3 is 0 Å². The Morgan fingerprint density at radius 2 is 2.25 bits per heavy atom. The number of terminal acetylenes is 1. The number of halogens is 2. The molecule has 0 aromatic carbocycles. The summed E-state index contributed by atoms with van der Waals surface area (Å²) in [6.45, 7) is 1.95. The lowest BCUT2D eigenvalue weighted by molar-refractivity contribution is 0.924. The van der Waals surface area contributed by atoms with Crippen LogP contribution in [0, 0.1) is 12.3 Å². The van der Waals surface area contributed by atoms with E-state index in [1.165, 1.54) is 0 Å². The Labute approximate surface area is 88.8 Å². The van der Waals surface area contributed by atoms with Gasteiger partial charge in [-0.25, -0.2) is 0 Å². The van der Waals surface area contributed by atoms with Crippen molar-refractivity contribution in [2.24, 2.45) is 0 Å². The van der Waals surface area contributed by atoms with Gasteiger partial charge in [0.05, 0.1) is 11.6 Å². The molecule has 3 heteroatoms. The summed E-state index contributed by atoms with van der Waals surface area (Å²) in [7, 11) is 0. The molecule has 1 atom stereocenters. The van der Waals surface area contributed by atoms with E-state index in [2.05, 4.69) is 42.8 Å². The van der Waals surface area contributed by atoms with Crippen molar-refractivity contribution in [2.45, 2.75) is 12.8 Å². The van der Waals surface area contributed by atoms with Crippen molar-refractivity contribution >= 4 is 31.9 Å². The van der Waals surface area contributed by atoms with Gasteiger partial charge in [0, 0.05) is 15.1 Å². The fourth-order valence-electron chi connectivity index (χ4n) is 0.823. The van der Waals surface area contributed by atoms with E-state index in [0.29, 0.717) is 0 Å². The Bertz CT molecular complexity index is 328. The molecule has 1 unspecified atom stereocenters. The van der Waals surface area contributed by atoms with Crippen LogP contribution >= 0.6 is 31.9 Å². The van der Waals surface area contributed by atoms with Gasteiger partial charge in [-0.2, -0.15) is 0 Å². The van der Waals surface area contributed by atoms with Gasteiger partial charge in [-0.3, -0.25) is 4.98 Å². The summed E-state index contributed by atoms with van der Waals surface area (Å²) in [6, 6.07) is 1.94. The van der Waals surface area contributed by atoms with Crippen LogP contribution in [-0.2, 0) is 0 Å². The molecule has 0 fully saturated rings. The highest BCUT2D eigenvalue weighted by molar-refractivity contribution is 9.11. The molecule has 0 aliphatic heterocycles. The number of hydrogen-bond acceptors (Lipinski definition) is 1. The molecule has 0 N–H and O–H groups in total. The molecule has 0 aliphatic carbocycles. The van der Waals surface area contributed by atoms with Crippen LogP contribution in [0.4, 0.5) is 0 Å². The maximum atomic E-state index is 5.29. The van der Waals surface area contributed by atoms with Gasteiger partial charge in [0.15, 0.2) is 0 Å². The maximum absolute atomic E-state index is 5.29. The number of nitrogens with zero attached hydrogens (tertiary/aromatic N) is 1. The summed E-state index contributed by atoms with van der Waals surface area (Å²) >= 11 is 6.72. The van der Waals surface area contributed by atoms with Crippen molar-refractivity contribution in [3.05, 3.63) is 26.9 Å². The van der Waals surface area contributed by atoms with E-state index in [0.717, 1.165) is 14.6 Å². The molecule has 0 saturated heterocycles. The lowest BCUT2D eigenvalue weighted by Crippen LogP contribution is -1.94. The fraction of sp³-hybridized carbons (Fsp3) is 0.222. The molecule has 0 aliphatic rings. The van der Waals surface area contributed by atoms with Crippen molar-refractivity contribution in [2.75, 3.05) is 0 Å². The molecule has 62 valence electrons. The van der Waals surface area contributed by atoms with Gasteiger partial charge in [0.2, 0.25) is 0 Å². The molecule has 0 radical (unpaired) electrons.